The smallest absolute Gasteiger partial charge is 0.245 e. The van der Waals surface area contributed by atoms with Crippen LogP contribution in [0.25, 0.3) is 22.5 Å². The molecule has 66 heavy (non-hydrogen) atoms. The number of nitrogens with one attached hydrogen (secondary N) is 2. The minimum absolute atomic E-state index is 0.0850. The van der Waals surface area contributed by atoms with Gasteiger partial charge in [0.05, 0.1) is 35.9 Å². The standard InChI is InChI=1S/C55H58N8O2S/c1-60(2)50(39-18-10-6-11-19-39)54(64)62-30-14-22-45(62)52-56-34-43(58-52)37-26-24-36(25-27-37)32-48-49(38-16-8-5-9-17-38)42-33-41(28-29-47(42)66-48)44-35-57-53(59-44)46-23-15-31-63(46)55(65)51(61(3)4)40-20-12-7-13-21-40/h5-13,16-21,24-29,33-35,45-46,48-51H,14-15,22-23,30-32H2,1-4H3,(H,56,58)(H,57,59)/t45-,46-,48?,49?,50+,51+/m0/s1. The van der Waals surface area contributed by atoms with Gasteiger partial charge in [0.1, 0.15) is 23.7 Å². The van der Waals surface area contributed by atoms with Crippen LogP contribution in [0.1, 0.15) is 95.2 Å². The van der Waals surface area contributed by atoms with Crippen molar-refractivity contribution in [2.45, 2.75) is 72.3 Å². The SMILES string of the molecule is CN(C)[C@@H](C(=O)N1CCC[C@H]1c1ncc(-c2ccc(CC3Sc4ccc(-c5cnc([C@@H]6CCCN6C(=O)[C@@H](c6ccccc6)N(C)C)[nH]5)cc4C3c3ccccc3)cc2)[nH]1)c1ccccc1. The lowest BCUT2D eigenvalue weighted by molar-refractivity contribution is -0.138. The van der Waals surface area contributed by atoms with E-state index >= 15 is 0 Å². The molecule has 3 aliphatic rings. The van der Waals surface area contributed by atoms with Gasteiger partial charge in [0, 0.05) is 29.2 Å². The number of thioether (sulfide) groups is 1. The van der Waals surface area contributed by atoms with Crippen LogP contribution in [-0.4, -0.2) is 97.9 Å². The number of rotatable bonds is 13. The van der Waals surface area contributed by atoms with Crippen LogP contribution in [0.5, 0.6) is 0 Å². The van der Waals surface area contributed by atoms with Crippen molar-refractivity contribution in [3.05, 3.63) is 185 Å². The second-order valence-electron chi connectivity index (χ2n) is 18.5. The van der Waals surface area contributed by atoms with Crippen molar-refractivity contribution in [1.29, 1.82) is 0 Å². The number of likely N-dealkylation sites (tertiary alicyclic amines) is 2. The van der Waals surface area contributed by atoms with E-state index in [-0.39, 0.29) is 41.9 Å². The van der Waals surface area contributed by atoms with Gasteiger partial charge in [0.15, 0.2) is 0 Å². The fourth-order valence-electron chi connectivity index (χ4n) is 10.6. The highest BCUT2D eigenvalue weighted by Gasteiger charge is 2.39. The number of hydrogen-bond acceptors (Lipinski definition) is 7. The van der Waals surface area contributed by atoms with Crippen molar-refractivity contribution in [1.82, 2.24) is 39.5 Å². The number of fused-ring (bicyclic) bond motifs is 1. The van der Waals surface area contributed by atoms with Crippen molar-refractivity contribution >= 4 is 23.6 Å². The molecule has 2 unspecified atom stereocenters. The molecule has 2 fully saturated rings. The first-order valence-corrected chi connectivity index (χ1v) is 24.2. The van der Waals surface area contributed by atoms with Crippen molar-refractivity contribution in [3.63, 3.8) is 0 Å². The van der Waals surface area contributed by atoms with Crippen molar-refractivity contribution in [2.75, 3.05) is 41.3 Å². The molecule has 0 spiro atoms. The lowest BCUT2D eigenvalue weighted by Crippen LogP contribution is -2.40. The van der Waals surface area contributed by atoms with E-state index in [1.54, 1.807) is 0 Å². The first kappa shape index (κ1) is 43.6. The van der Waals surface area contributed by atoms with Crippen LogP contribution >= 0.6 is 11.8 Å². The molecule has 336 valence electrons. The van der Waals surface area contributed by atoms with Crippen molar-refractivity contribution in [3.8, 4) is 22.5 Å². The number of amides is 2. The van der Waals surface area contributed by atoms with Gasteiger partial charge in [-0.3, -0.25) is 19.4 Å². The molecular formula is C55H58N8O2S. The third-order valence-corrected chi connectivity index (χ3v) is 15.2. The zero-order valence-corrected chi connectivity index (χ0v) is 39.0. The number of benzene rings is 5. The summed E-state index contributed by atoms with van der Waals surface area (Å²) in [6.45, 7) is 1.44. The largest absolute Gasteiger partial charge is 0.340 e. The fourth-order valence-corrected chi connectivity index (χ4v) is 12.1. The maximum absolute atomic E-state index is 14.2. The molecule has 2 aromatic heterocycles. The Morgan fingerprint density at radius 3 is 1.64 bits per heavy atom. The molecule has 0 aliphatic carbocycles. The number of aromatic amines is 2. The van der Waals surface area contributed by atoms with Crippen molar-refractivity contribution in [2.24, 2.45) is 0 Å². The zero-order valence-electron chi connectivity index (χ0n) is 38.2. The average molecular weight is 895 g/mol. The summed E-state index contributed by atoms with van der Waals surface area (Å²) in [6, 6.07) is 45.9. The molecular weight excluding hydrogens is 837 g/mol. The number of H-pyrrole nitrogens is 2. The molecule has 10 nitrogen and oxygen atoms in total. The summed E-state index contributed by atoms with van der Waals surface area (Å²) >= 11 is 1.97. The molecule has 0 saturated carbocycles. The van der Waals surface area contributed by atoms with E-state index in [1.807, 2.05) is 133 Å². The number of imidazole rings is 2. The average Bonchev–Trinajstić information content (AvgIpc) is 4.20. The molecule has 10 rings (SSSR count). The molecule has 5 aromatic carbocycles. The van der Waals surface area contributed by atoms with Gasteiger partial charge in [0.2, 0.25) is 11.8 Å². The molecule has 0 radical (unpaired) electrons. The molecule has 5 heterocycles. The number of likely N-dealkylation sites (N-methyl/N-ethyl adjacent to an activating group) is 2. The van der Waals surface area contributed by atoms with E-state index in [1.165, 1.54) is 21.6 Å². The van der Waals surface area contributed by atoms with Gasteiger partial charge in [0.25, 0.3) is 0 Å². The van der Waals surface area contributed by atoms with Crippen molar-refractivity contribution < 1.29 is 9.59 Å². The zero-order chi connectivity index (χ0) is 45.3. The van der Waals surface area contributed by atoms with Crippen LogP contribution in [0.4, 0.5) is 0 Å². The lowest BCUT2D eigenvalue weighted by atomic mass is 9.85. The minimum atomic E-state index is -0.351. The van der Waals surface area contributed by atoms with Crippen LogP contribution in [0.3, 0.4) is 0 Å². The number of carbonyl (C=O) groups is 2. The molecule has 2 amide bonds. The van der Waals surface area contributed by atoms with Crippen LogP contribution in [-0.2, 0) is 16.0 Å². The normalized spacial score (nSPS) is 20.3. The van der Waals surface area contributed by atoms with E-state index < -0.39 is 0 Å². The maximum atomic E-state index is 14.2. The van der Waals surface area contributed by atoms with Gasteiger partial charge in [-0.25, -0.2) is 9.97 Å². The Balaban J connectivity index is 0.847. The van der Waals surface area contributed by atoms with Crippen LogP contribution in [0, 0.1) is 0 Å². The summed E-state index contributed by atoms with van der Waals surface area (Å²) in [5.74, 6) is 2.12. The highest BCUT2D eigenvalue weighted by Crippen LogP contribution is 2.51. The Kier molecular flexibility index (Phi) is 12.5. The molecule has 11 heteroatoms. The van der Waals surface area contributed by atoms with Crippen LogP contribution < -0.4 is 0 Å². The van der Waals surface area contributed by atoms with Gasteiger partial charge >= 0.3 is 0 Å². The van der Waals surface area contributed by atoms with E-state index in [2.05, 4.69) is 82.8 Å². The van der Waals surface area contributed by atoms with Crippen LogP contribution in [0.2, 0.25) is 0 Å². The third-order valence-electron chi connectivity index (χ3n) is 13.8. The first-order chi connectivity index (χ1) is 32.2. The molecule has 0 bridgehead atoms. The van der Waals surface area contributed by atoms with Gasteiger partial charge in [-0.05, 0) is 111 Å². The number of carbonyl (C=O) groups excluding carboxylic acids is 2. The van der Waals surface area contributed by atoms with E-state index in [0.717, 1.165) is 90.5 Å². The summed E-state index contributed by atoms with van der Waals surface area (Å²) in [5.41, 5.74) is 10.0. The molecule has 3 aliphatic heterocycles. The third kappa shape index (κ3) is 8.63. The summed E-state index contributed by atoms with van der Waals surface area (Å²) in [6.07, 6.45) is 8.42. The van der Waals surface area contributed by atoms with E-state index in [0.29, 0.717) is 5.25 Å². The summed E-state index contributed by atoms with van der Waals surface area (Å²) in [5, 5.41) is 0.305. The second-order valence-corrected chi connectivity index (χ2v) is 19.8. The minimum Gasteiger partial charge on any atom is -0.340 e. The van der Waals surface area contributed by atoms with Gasteiger partial charge < -0.3 is 19.8 Å². The quantitative estimate of drug-likeness (QED) is 0.119. The Morgan fingerprint density at radius 2 is 1.12 bits per heavy atom. The number of aromatic nitrogens is 4. The van der Waals surface area contributed by atoms with E-state index in [9.17, 15) is 9.59 Å². The van der Waals surface area contributed by atoms with Gasteiger partial charge in [-0.15, -0.1) is 11.8 Å². The second kappa shape index (κ2) is 18.9. The Labute approximate surface area is 392 Å². The summed E-state index contributed by atoms with van der Waals surface area (Å²) in [7, 11) is 7.89. The topological polar surface area (TPSA) is 104 Å². The highest BCUT2D eigenvalue weighted by molar-refractivity contribution is 8.00. The van der Waals surface area contributed by atoms with Crippen LogP contribution in [0.15, 0.2) is 151 Å². The number of hydrogen-bond donors (Lipinski definition) is 2. The molecule has 2 N–H and O–H groups in total. The maximum Gasteiger partial charge on any atom is 0.245 e. The predicted octanol–water partition coefficient (Wildman–Crippen LogP) is 10.2. The highest BCUT2D eigenvalue weighted by atomic mass is 32.2. The first-order valence-electron chi connectivity index (χ1n) is 23.3. The summed E-state index contributed by atoms with van der Waals surface area (Å²) in [4.78, 5) is 54.6. The fraction of sp³-hybridized carbons (Fsp3) is 0.309. The lowest BCUT2D eigenvalue weighted by Gasteiger charge is -2.31. The Bertz CT molecular complexity index is 2770. The number of nitrogens with zero attached hydrogens (tertiary/aromatic N) is 6. The Morgan fingerprint density at radius 1 is 0.636 bits per heavy atom. The molecule has 7 aromatic rings. The monoisotopic (exact) mass is 894 g/mol. The summed E-state index contributed by atoms with van der Waals surface area (Å²) < 4.78 is 0. The Hall–Kier alpha value is -6.27. The van der Waals surface area contributed by atoms with Gasteiger partial charge in [-0.2, -0.15) is 0 Å². The van der Waals surface area contributed by atoms with Gasteiger partial charge in [-0.1, -0.05) is 121 Å². The molecule has 6 atom stereocenters. The van der Waals surface area contributed by atoms with E-state index in [4.69, 9.17) is 9.97 Å². The predicted molar refractivity (Wildman–Crippen MR) is 263 cm³/mol. The molecule has 2 saturated heterocycles.